The summed E-state index contributed by atoms with van der Waals surface area (Å²) < 4.78 is 5.86. The molecule has 4 aromatic rings. The summed E-state index contributed by atoms with van der Waals surface area (Å²) in [6, 6.07) is 19.6. The van der Waals surface area contributed by atoms with Crippen molar-refractivity contribution in [1.82, 2.24) is 4.98 Å². The Hall–Kier alpha value is -2.75. The summed E-state index contributed by atoms with van der Waals surface area (Å²) in [6.07, 6.45) is 1.17. The minimum Gasteiger partial charge on any atom is -0.518 e. The van der Waals surface area contributed by atoms with Crippen LogP contribution < -0.4 is 0 Å². The largest absolute Gasteiger partial charge is 0.518 e. The van der Waals surface area contributed by atoms with Gasteiger partial charge >= 0.3 is 0 Å². The fourth-order valence-electron chi connectivity index (χ4n) is 2.95. The van der Waals surface area contributed by atoms with E-state index < -0.39 is 0 Å². The van der Waals surface area contributed by atoms with Gasteiger partial charge in [-0.2, -0.15) is 0 Å². The van der Waals surface area contributed by atoms with Gasteiger partial charge in [-0.1, -0.05) is 35.9 Å². The van der Waals surface area contributed by atoms with Gasteiger partial charge in [-0.15, -0.1) is 17.5 Å². The van der Waals surface area contributed by atoms with E-state index in [4.69, 9.17) is 14.5 Å². The van der Waals surface area contributed by atoms with Gasteiger partial charge in [0, 0.05) is 42.8 Å². The first-order valence-corrected chi connectivity index (χ1v) is 9.00. The fraction of sp³-hybridized carbons (Fsp3) is 0.167. The zero-order valence-electron chi connectivity index (χ0n) is 16.7. The quantitative estimate of drug-likeness (QED) is 0.182. The first kappa shape index (κ1) is 22.5. The first-order chi connectivity index (χ1) is 13.3. The van der Waals surface area contributed by atoms with Crippen LogP contribution in [0, 0.1) is 19.9 Å². The number of aliphatic hydroxyl groups excluding tert-OH is 1. The van der Waals surface area contributed by atoms with E-state index in [1.165, 1.54) is 36.4 Å². The average molecular weight is 565 g/mol. The Kier molecular flexibility index (Phi) is 7.49. The van der Waals surface area contributed by atoms with Gasteiger partial charge in [0.05, 0.1) is 17.0 Å². The molecule has 2 heterocycles. The summed E-state index contributed by atoms with van der Waals surface area (Å²) in [6.45, 7) is 7.05. The van der Waals surface area contributed by atoms with Crippen molar-refractivity contribution in [2.75, 3.05) is 0 Å². The van der Waals surface area contributed by atoms with Crippen LogP contribution in [-0.2, 0) is 24.9 Å². The van der Waals surface area contributed by atoms with Gasteiger partial charge in [0.2, 0.25) is 0 Å². The maximum absolute atomic E-state index is 10.0. The van der Waals surface area contributed by atoms with Gasteiger partial charge in [0.1, 0.15) is 0 Å². The molecule has 4 rings (SSSR count). The Bertz CT molecular complexity index is 1150. The Morgan fingerprint density at radius 3 is 2.45 bits per heavy atom. The second-order valence-corrected chi connectivity index (χ2v) is 6.79. The van der Waals surface area contributed by atoms with Crippen LogP contribution in [0.3, 0.4) is 0 Å². The Balaban J connectivity index is 0.000000327. The van der Waals surface area contributed by atoms with Gasteiger partial charge in [-0.3, -0.25) is 9.78 Å². The summed E-state index contributed by atoms with van der Waals surface area (Å²) in [5.41, 5.74) is 5.11. The van der Waals surface area contributed by atoms with Crippen molar-refractivity contribution < 1.29 is 34.4 Å². The molecular weight excluding hydrogens is 542 g/mol. The molecule has 0 unspecified atom stereocenters. The SMILES string of the molecule is CC(=O)/C=C(/C)O.Cc1ccc2nc(-c3[c-]c4ccccc4o3)cc(C)c2c1.[Ir]. The van der Waals surface area contributed by atoms with Crippen LogP contribution in [-0.4, -0.2) is 15.9 Å². The molecule has 1 N–H and O–H groups in total. The average Bonchev–Trinajstić information content (AvgIpc) is 3.06. The van der Waals surface area contributed by atoms with Gasteiger partial charge in [0.15, 0.2) is 5.78 Å². The number of rotatable bonds is 2. The zero-order valence-corrected chi connectivity index (χ0v) is 19.1. The number of benzene rings is 2. The van der Waals surface area contributed by atoms with E-state index in [1.54, 1.807) is 0 Å². The van der Waals surface area contributed by atoms with E-state index in [9.17, 15) is 4.79 Å². The normalized spacial score (nSPS) is 11.0. The van der Waals surface area contributed by atoms with E-state index in [0.29, 0.717) is 5.76 Å². The number of carbonyl (C=O) groups excluding carboxylic acids is 1. The number of carbonyl (C=O) groups is 1. The molecule has 0 aliphatic rings. The molecule has 2 aromatic heterocycles. The molecule has 29 heavy (non-hydrogen) atoms. The standard InChI is InChI=1S/C19H14NO.C5H8O2.Ir/c1-12-7-8-16-15(9-12)13(2)10-17(20-16)19-11-14-5-3-4-6-18(14)21-19;1-4(6)3-5(2)7;/h3-10H,1-2H3;3,6H,1-2H3;/q-1;;/b;4-3-;. The van der Waals surface area contributed by atoms with Crippen molar-refractivity contribution in [3.63, 3.8) is 0 Å². The first-order valence-electron chi connectivity index (χ1n) is 9.00. The number of pyridine rings is 1. The third kappa shape index (κ3) is 5.63. The monoisotopic (exact) mass is 565 g/mol. The topological polar surface area (TPSA) is 63.3 Å². The fourth-order valence-corrected chi connectivity index (χ4v) is 2.95. The number of hydrogen-bond donors (Lipinski definition) is 1. The van der Waals surface area contributed by atoms with Crippen LogP contribution in [0.2, 0.25) is 0 Å². The summed E-state index contributed by atoms with van der Waals surface area (Å²) in [5.74, 6) is 0.634. The van der Waals surface area contributed by atoms with Crippen LogP contribution in [0.25, 0.3) is 33.3 Å². The number of ketones is 1. The van der Waals surface area contributed by atoms with Crippen molar-refractivity contribution >= 4 is 27.7 Å². The second kappa shape index (κ2) is 9.64. The van der Waals surface area contributed by atoms with Crippen molar-refractivity contribution in [2.45, 2.75) is 27.7 Å². The molecular formula is C24H22IrNO3-. The molecule has 0 bridgehead atoms. The van der Waals surface area contributed by atoms with Gasteiger partial charge in [-0.05, 0) is 45.4 Å². The van der Waals surface area contributed by atoms with Crippen LogP contribution in [0.5, 0.6) is 0 Å². The van der Waals surface area contributed by atoms with E-state index in [2.05, 4.69) is 44.2 Å². The van der Waals surface area contributed by atoms with Crippen LogP contribution in [0.4, 0.5) is 0 Å². The molecule has 0 aliphatic heterocycles. The number of nitrogens with zero attached hydrogens (tertiary/aromatic N) is 1. The molecule has 2 aromatic carbocycles. The molecule has 1 radical (unpaired) electrons. The molecule has 0 spiro atoms. The number of aromatic nitrogens is 1. The van der Waals surface area contributed by atoms with Gasteiger partial charge in [-0.25, -0.2) is 0 Å². The van der Waals surface area contributed by atoms with Crippen LogP contribution in [0.15, 0.2) is 64.8 Å². The summed E-state index contributed by atoms with van der Waals surface area (Å²) in [7, 11) is 0. The molecule has 0 saturated heterocycles. The third-order valence-electron chi connectivity index (χ3n) is 4.16. The summed E-state index contributed by atoms with van der Waals surface area (Å²) >= 11 is 0. The minimum atomic E-state index is -0.125. The van der Waals surface area contributed by atoms with Crippen LogP contribution in [0.1, 0.15) is 25.0 Å². The van der Waals surface area contributed by atoms with Crippen molar-refractivity contribution in [2.24, 2.45) is 0 Å². The maximum Gasteiger partial charge on any atom is 0.155 e. The number of furan rings is 1. The zero-order chi connectivity index (χ0) is 20.3. The molecule has 0 amide bonds. The molecule has 5 heteroatoms. The van der Waals surface area contributed by atoms with Crippen molar-refractivity contribution in [1.29, 1.82) is 0 Å². The number of para-hydroxylation sites is 1. The number of fused-ring (bicyclic) bond motifs is 2. The number of allylic oxidation sites excluding steroid dienone is 2. The Morgan fingerprint density at radius 2 is 1.83 bits per heavy atom. The Morgan fingerprint density at radius 1 is 1.10 bits per heavy atom. The van der Waals surface area contributed by atoms with E-state index in [-0.39, 0.29) is 31.6 Å². The summed E-state index contributed by atoms with van der Waals surface area (Å²) in [4.78, 5) is 14.7. The van der Waals surface area contributed by atoms with Crippen LogP contribution >= 0.6 is 0 Å². The van der Waals surface area contributed by atoms with Crippen molar-refractivity contribution in [3.05, 3.63) is 77.6 Å². The van der Waals surface area contributed by atoms with E-state index in [1.807, 2.05) is 24.3 Å². The molecule has 0 atom stereocenters. The number of hydrogen-bond acceptors (Lipinski definition) is 4. The summed E-state index contributed by atoms with van der Waals surface area (Å²) in [5, 5.41) is 10.5. The molecule has 0 aliphatic carbocycles. The number of aryl methyl sites for hydroxylation is 2. The molecule has 0 fully saturated rings. The third-order valence-corrected chi connectivity index (χ3v) is 4.16. The Labute approximate surface area is 183 Å². The van der Waals surface area contributed by atoms with Crippen molar-refractivity contribution in [3.8, 4) is 11.5 Å². The van der Waals surface area contributed by atoms with Gasteiger partial charge in [0.25, 0.3) is 0 Å². The van der Waals surface area contributed by atoms with E-state index in [0.717, 1.165) is 22.2 Å². The predicted molar refractivity (Wildman–Crippen MR) is 112 cm³/mol. The molecule has 4 nitrogen and oxygen atoms in total. The minimum absolute atomic E-state index is 0. The predicted octanol–water partition coefficient (Wildman–Crippen LogP) is 6.10. The van der Waals surface area contributed by atoms with E-state index >= 15 is 0 Å². The molecule has 151 valence electrons. The number of aliphatic hydroxyl groups is 1. The second-order valence-electron chi connectivity index (χ2n) is 6.79. The molecule has 0 saturated carbocycles. The maximum atomic E-state index is 10.0. The van der Waals surface area contributed by atoms with Gasteiger partial charge < -0.3 is 9.52 Å². The smallest absolute Gasteiger partial charge is 0.155 e.